The van der Waals surface area contributed by atoms with Crippen LogP contribution in [0, 0.1) is 0 Å². The van der Waals surface area contributed by atoms with Crippen molar-refractivity contribution in [2.24, 2.45) is 0 Å². The van der Waals surface area contributed by atoms with Crippen LogP contribution in [0.2, 0.25) is 0 Å². The zero-order valence-corrected chi connectivity index (χ0v) is 11.6. The van der Waals surface area contributed by atoms with Gasteiger partial charge in [0.15, 0.2) is 6.61 Å². The standard InChI is InChI=1S/C14H10N2O4S/c17-13(6-5-10-3-1-7-18-10)19-9-12-15-14(16-20-12)11-4-2-8-21-11/h1-8H,9H2/b6-5+. The van der Waals surface area contributed by atoms with Crippen LogP contribution < -0.4 is 0 Å². The van der Waals surface area contributed by atoms with Gasteiger partial charge in [0, 0.05) is 6.08 Å². The molecular weight excluding hydrogens is 292 g/mol. The lowest BCUT2D eigenvalue weighted by Crippen LogP contribution is -2.00. The minimum atomic E-state index is -0.512. The Labute approximate surface area is 123 Å². The van der Waals surface area contributed by atoms with Gasteiger partial charge in [-0.15, -0.1) is 11.3 Å². The summed E-state index contributed by atoms with van der Waals surface area (Å²) in [6, 6.07) is 7.25. The topological polar surface area (TPSA) is 78.4 Å². The van der Waals surface area contributed by atoms with E-state index in [0.29, 0.717) is 11.6 Å². The van der Waals surface area contributed by atoms with E-state index < -0.39 is 5.97 Å². The molecule has 0 aliphatic rings. The minimum Gasteiger partial charge on any atom is -0.465 e. The highest BCUT2D eigenvalue weighted by atomic mass is 32.1. The highest BCUT2D eigenvalue weighted by Crippen LogP contribution is 2.21. The number of hydrogen-bond donors (Lipinski definition) is 0. The van der Waals surface area contributed by atoms with Crippen molar-refractivity contribution >= 4 is 23.4 Å². The summed E-state index contributed by atoms with van der Waals surface area (Å²) >= 11 is 1.51. The van der Waals surface area contributed by atoms with Gasteiger partial charge in [0.2, 0.25) is 5.82 Å². The first-order chi connectivity index (χ1) is 10.3. The first-order valence-corrected chi connectivity index (χ1v) is 6.94. The maximum atomic E-state index is 11.5. The summed E-state index contributed by atoms with van der Waals surface area (Å²) in [7, 11) is 0. The highest BCUT2D eigenvalue weighted by molar-refractivity contribution is 7.13. The molecule has 0 amide bonds. The molecule has 0 bridgehead atoms. The van der Waals surface area contributed by atoms with Gasteiger partial charge in [0.25, 0.3) is 5.89 Å². The largest absolute Gasteiger partial charge is 0.465 e. The van der Waals surface area contributed by atoms with E-state index in [2.05, 4.69) is 10.1 Å². The second-order valence-corrected chi connectivity index (χ2v) is 4.89. The number of nitrogens with zero attached hydrogens (tertiary/aromatic N) is 2. The second kappa shape index (κ2) is 6.19. The summed E-state index contributed by atoms with van der Waals surface area (Å²) in [5.41, 5.74) is 0. The fourth-order valence-electron chi connectivity index (χ4n) is 1.54. The number of rotatable bonds is 5. The lowest BCUT2D eigenvalue weighted by atomic mass is 10.4. The molecule has 6 nitrogen and oxygen atoms in total. The third-order valence-electron chi connectivity index (χ3n) is 2.47. The van der Waals surface area contributed by atoms with Gasteiger partial charge in [0.1, 0.15) is 5.76 Å². The Morgan fingerprint density at radius 3 is 3.10 bits per heavy atom. The molecule has 7 heteroatoms. The van der Waals surface area contributed by atoms with Gasteiger partial charge in [-0.2, -0.15) is 4.98 Å². The summed E-state index contributed by atoms with van der Waals surface area (Å²) < 4.78 is 15.1. The molecule has 106 valence electrons. The average molecular weight is 302 g/mol. The van der Waals surface area contributed by atoms with Crippen molar-refractivity contribution in [3.05, 3.63) is 53.6 Å². The number of carbonyl (C=O) groups is 1. The van der Waals surface area contributed by atoms with Crippen molar-refractivity contribution in [1.82, 2.24) is 10.1 Å². The van der Waals surface area contributed by atoms with E-state index in [1.54, 1.807) is 12.1 Å². The molecule has 0 N–H and O–H groups in total. The molecule has 0 aliphatic heterocycles. The Morgan fingerprint density at radius 1 is 1.38 bits per heavy atom. The number of aromatic nitrogens is 2. The summed E-state index contributed by atoms with van der Waals surface area (Å²) in [4.78, 5) is 16.6. The lowest BCUT2D eigenvalue weighted by Gasteiger charge is -1.95. The molecule has 0 saturated carbocycles. The first kappa shape index (κ1) is 13.3. The molecule has 3 aromatic rings. The Bertz CT molecular complexity index is 729. The smallest absolute Gasteiger partial charge is 0.331 e. The normalized spacial score (nSPS) is 11.0. The molecule has 0 unspecified atom stereocenters. The van der Waals surface area contributed by atoms with Crippen molar-refractivity contribution < 1.29 is 18.5 Å². The number of ether oxygens (including phenoxy) is 1. The molecule has 3 aromatic heterocycles. The van der Waals surface area contributed by atoms with E-state index >= 15 is 0 Å². The summed E-state index contributed by atoms with van der Waals surface area (Å²) in [6.07, 6.45) is 4.32. The minimum absolute atomic E-state index is 0.0697. The molecule has 0 atom stereocenters. The fourth-order valence-corrected chi connectivity index (χ4v) is 2.19. The second-order valence-electron chi connectivity index (χ2n) is 3.95. The maximum absolute atomic E-state index is 11.5. The Morgan fingerprint density at radius 2 is 2.33 bits per heavy atom. The van der Waals surface area contributed by atoms with Crippen LogP contribution in [0.4, 0.5) is 0 Å². The molecule has 0 aromatic carbocycles. The Hall–Kier alpha value is -2.67. The third-order valence-corrected chi connectivity index (χ3v) is 3.34. The van der Waals surface area contributed by atoms with E-state index in [0.717, 1.165) is 4.88 Å². The van der Waals surface area contributed by atoms with Gasteiger partial charge in [-0.1, -0.05) is 11.2 Å². The molecule has 3 heterocycles. The quantitative estimate of drug-likeness (QED) is 0.532. The van der Waals surface area contributed by atoms with Crippen molar-refractivity contribution in [2.45, 2.75) is 6.61 Å². The van der Waals surface area contributed by atoms with Crippen LogP contribution in [0.25, 0.3) is 16.8 Å². The van der Waals surface area contributed by atoms with Gasteiger partial charge >= 0.3 is 5.97 Å². The summed E-state index contributed by atoms with van der Waals surface area (Å²) in [5, 5.41) is 5.74. The van der Waals surface area contributed by atoms with Crippen molar-refractivity contribution in [3.8, 4) is 10.7 Å². The van der Waals surface area contributed by atoms with E-state index in [4.69, 9.17) is 13.7 Å². The SMILES string of the molecule is O=C(/C=C/c1ccco1)OCc1nc(-c2cccs2)no1. The Kier molecular flexibility index (Phi) is 3.92. The molecular formula is C14H10N2O4S. The lowest BCUT2D eigenvalue weighted by molar-refractivity contribution is -0.139. The van der Waals surface area contributed by atoms with Crippen LogP contribution >= 0.6 is 11.3 Å². The predicted molar refractivity (Wildman–Crippen MR) is 75.1 cm³/mol. The van der Waals surface area contributed by atoms with Gasteiger partial charge in [-0.05, 0) is 29.7 Å². The van der Waals surface area contributed by atoms with Crippen molar-refractivity contribution in [1.29, 1.82) is 0 Å². The van der Waals surface area contributed by atoms with Crippen LogP contribution in [0.15, 0.2) is 50.9 Å². The van der Waals surface area contributed by atoms with Crippen LogP contribution in [0.1, 0.15) is 11.7 Å². The number of hydrogen-bond acceptors (Lipinski definition) is 7. The maximum Gasteiger partial charge on any atom is 0.331 e. The Balaban J connectivity index is 1.54. The zero-order chi connectivity index (χ0) is 14.5. The van der Waals surface area contributed by atoms with E-state index in [9.17, 15) is 4.79 Å². The molecule has 21 heavy (non-hydrogen) atoms. The van der Waals surface area contributed by atoms with Crippen molar-refractivity contribution in [3.63, 3.8) is 0 Å². The molecule has 0 fully saturated rings. The zero-order valence-electron chi connectivity index (χ0n) is 10.8. The van der Waals surface area contributed by atoms with Crippen molar-refractivity contribution in [2.75, 3.05) is 0 Å². The van der Waals surface area contributed by atoms with Crippen LogP contribution in [-0.2, 0) is 16.1 Å². The number of carbonyl (C=O) groups excluding carboxylic acids is 1. The predicted octanol–water partition coefficient (Wildman–Crippen LogP) is 3.15. The summed E-state index contributed by atoms with van der Waals surface area (Å²) in [5.74, 6) is 0.798. The number of furan rings is 1. The van der Waals surface area contributed by atoms with E-state index in [-0.39, 0.29) is 12.5 Å². The number of esters is 1. The summed E-state index contributed by atoms with van der Waals surface area (Å²) in [6.45, 7) is -0.0697. The van der Waals surface area contributed by atoms with Gasteiger partial charge in [-0.3, -0.25) is 0 Å². The highest BCUT2D eigenvalue weighted by Gasteiger charge is 2.10. The van der Waals surface area contributed by atoms with Crippen LogP contribution in [0.5, 0.6) is 0 Å². The number of thiophene rings is 1. The van der Waals surface area contributed by atoms with E-state index in [1.165, 1.54) is 29.8 Å². The van der Waals surface area contributed by atoms with Gasteiger partial charge in [0.05, 0.1) is 11.1 Å². The van der Waals surface area contributed by atoms with Crippen LogP contribution in [0.3, 0.4) is 0 Å². The van der Waals surface area contributed by atoms with Crippen LogP contribution in [-0.4, -0.2) is 16.1 Å². The molecule has 3 rings (SSSR count). The fraction of sp³-hybridized carbons (Fsp3) is 0.0714. The monoisotopic (exact) mass is 302 g/mol. The first-order valence-electron chi connectivity index (χ1n) is 6.06. The van der Waals surface area contributed by atoms with Gasteiger partial charge < -0.3 is 13.7 Å². The molecule has 0 saturated heterocycles. The molecule has 0 spiro atoms. The molecule has 0 radical (unpaired) electrons. The van der Waals surface area contributed by atoms with Gasteiger partial charge in [-0.25, -0.2) is 4.79 Å². The van der Waals surface area contributed by atoms with E-state index in [1.807, 2.05) is 17.5 Å². The molecule has 0 aliphatic carbocycles. The third kappa shape index (κ3) is 3.46. The average Bonchev–Trinajstić information content (AvgIpc) is 3.24.